The number of benzene rings is 3. The topological polar surface area (TPSA) is 207 Å². The Morgan fingerprint density at radius 2 is 1.34 bits per heavy atom. The molecule has 0 saturated heterocycles. The van der Waals surface area contributed by atoms with Crippen LogP contribution in [0.1, 0.15) is 16.7 Å². The van der Waals surface area contributed by atoms with Crippen LogP contribution in [0.3, 0.4) is 0 Å². The van der Waals surface area contributed by atoms with Crippen molar-refractivity contribution in [3.8, 4) is 11.5 Å². The summed E-state index contributed by atoms with van der Waals surface area (Å²) in [5.74, 6) is 6.51. The van der Waals surface area contributed by atoms with E-state index in [-0.39, 0.29) is 32.1 Å². The molecule has 0 saturated carbocycles. The van der Waals surface area contributed by atoms with Gasteiger partial charge in [-0.2, -0.15) is 0 Å². The number of aldehydes is 2. The van der Waals surface area contributed by atoms with Crippen LogP contribution in [0.5, 0.6) is 11.5 Å². The van der Waals surface area contributed by atoms with Crippen molar-refractivity contribution >= 4 is 30.8 Å². The summed E-state index contributed by atoms with van der Waals surface area (Å²) in [5.41, 5.74) is 9.01. The molecule has 266 valence electrons. The van der Waals surface area contributed by atoms with Gasteiger partial charge in [-0.15, -0.1) is 0 Å². The van der Waals surface area contributed by atoms with E-state index in [1.165, 1.54) is 5.01 Å². The quantitative estimate of drug-likeness (QED) is 0.0449. The number of nitrogens with zero attached hydrogens (tertiary/aromatic N) is 1. The van der Waals surface area contributed by atoms with Crippen molar-refractivity contribution in [1.29, 1.82) is 0 Å². The van der Waals surface area contributed by atoms with Crippen LogP contribution in [0.25, 0.3) is 0 Å². The predicted molar refractivity (Wildman–Crippen MR) is 187 cm³/mol. The summed E-state index contributed by atoms with van der Waals surface area (Å²) < 4.78 is 11.5. The molecule has 3 atom stereocenters. The van der Waals surface area contributed by atoms with Gasteiger partial charge in [0.25, 0.3) is 0 Å². The minimum Gasteiger partial charge on any atom is -0.492 e. The molecule has 3 aromatic carbocycles. The van der Waals surface area contributed by atoms with Crippen molar-refractivity contribution in [3.63, 3.8) is 0 Å². The monoisotopic (exact) mass is 687 g/mol. The molecule has 1 unspecified atom stereocenters. The number of carbonyl (C=O) groups excluding carboxylic acids is 5. The number of hydrazine groups is 1. The summed E-state index contributed by atoms with van der Waals surface area (Å²) in [6.07, 6.45) is 4.31. The van der Waals surface area contributed by atoms with Gasteiger partial charge in [0.2, 0.25) is 18.2 Å². The first kappa shape index (κ1) is 38.7. The summed E-state index contributed by atoms with van der Waals surface area (Å²) in [6, 6.07) is 21.3. The SMILES string of the molecule is CNCC(=O)NC(C=O)Cc1ccc(OC/C(N)=C/N(N)CCOc2ccc(C[C@H](C=O)NC(=O)[C@H](Cc3ccccc3)NC=O)cc2)cc1. The molecule has 0 spiro atoms. The Morgan fingerprint density at radius 3 is 1.90 bits per heavy atom. The first-order valence-corrected chi connectivity index (χ1v) is 16.0. The molecule has 0 bridgehead atoms. The molecule has 8 N–H and O–H groups in total. The highest BCUT2D eigenvalue weighted by Crippen LogP contribution is 2.15. The molecule has 0 aromatic heterocycles. The van der Waals surface area contributed by atoms with E-state index in [9.17, 15) is 24.0 Å². The van der Waals surface area contributed by atoms with Gasteiger partial charge in [0.05, 0.1) is 30.9 Å². The molecule has 0 heterocycles. The predicted octanol–water partition coefficient (Wildman–Crippen LogP) is 0.149. The van der Waals surface area contributed by atoms with Gasteiger partial charge in [-0.25, -0.2) is 5.84 Å². The second-order valence-corrected chi connectivity index (χ2v) is 11.4. The van der Waals surface area contributed by atoms with Gasteiger partial charge in [0.1, 0.15) is 43.3 Å². The first-order chi connectivity index (χ1) is 24.2. The minimum absolute atomic E-state index is 0.0932. The Balaban J connectivity index is 1.39. The van der Waals surface area contributed by atoms with Crippen LogP contribution in [0.15, 0.2) is 90.8 Å². The number of likely N-dealkylation sites (N-methyl/N-ethyl adjacent to an activating group) is 1. The average molecular weight is 688 g/mol. The maximum Gasteiger partial charge on any atom is 0.243 e. The second kappa shape index (κ2) is 21.3. The van der Waals surface area contributed by atoms with Gasteiger partial charge in [0, 0.05) is 12.6 Å². The minimum atomic E-state index is -0.813. The molecule has 0 aliphatic heterocycles. The number of amides is 3. The molecule has 0 radical (unpaired) electrons. The third-order valence-electron chi connectivity index (χ3n) is 7.32. The van der Waals surface area contributed by atoms with E-state index in [1.54, 1.807) is 49.6 Å². The van der Waals surface area contributed by atoms with E-state index in [1.807, 2.05) is 42.5 Å². The normalized spacial score (nSPS) is 12.8. The summed E-state index contributed by atoms with van der Waals surface area (Å²) in [5, 5.41) is 12.0. The average Bonchev–Trinajstić information content (AvgIpc) is 3.11. The lowest BCUT2D eigenvalue weighted by Crippen LogP contribution is -2.49. The zero-order chi connectivity index (χ0) is 36.1. The van der Waals surface area contributed by atoms with E-state index >= 15 is 0 Å². The zero-order valence-corrected chi connectivity index (χ0v) is 28.0. The van der Waals surface area contributed by atoms with Crippen molar-refractivity contribution in [1.82, 2.24) is 26.3 Å². The number of hydrogen-bond acceptors (Lipinski definition) is 11. The highest BCUT2D eigenvalue weighted by molar-refractivity contribution is 5.86. The van der Waals surface area contributed by atoms with E-state index < -0.39 is 24.0 Å². The van der Waals surface area contributed by atoms with Crippen molar-refractivity contribution in [2.75, 3.05) is 33.4 Å². The van der Waals surface area contributed by atoms with Crippen molar-refractivity contribution in [2.45, 2.75) is 37.4 Å². The fraction of sp³-hybridized carbons (Fsp3) is 0.306. The molecule has 0 aliphatic carbocycles. The fourth-order valence-corrected chi connectivity index (χ4v) is 4.83. The molecule has 0 aliphatic rings. The van der Waals surface area contributed by atoms with Crippen molar-refractivity contribution < 1.29 is 33.4 Å². The van der Waals surface area contributed by atoms with Crippen LogP contribution in [-0.2, 0) is 43.2 Å². The zero-order valence-electron chi connectivity index (χ0n) is 28.0. The number of hydrogen-bond donors (Lipinski definition) is 6. The summed E-state index contributed by atoms with van der Waals surface area (Å²) >= 11 is 0. The van der Waals surface area contributed by atoms with Crippen LogP contribution < -0.4 is 42.3 Å². The molecular weight excluding hydrogens is 642 g/mol. The fourth-order valence-electron chi connectivity index (χ4n) is 4.83. The molecule has 0 fully saturated rings. The second-order valence-electron chi connectivity index (χ2n) is 11.4. The maximum atomic E-state index is 12.8. The molecule has 14 nitrogen and oxygen atoms in total. The highest BCUT2D eigenvalue weighted by atomic mass is 16.5. The Bertz CT molecular complexity index is 1540. The van der Waals surface area contributed by atoms with Crippen molar-refractivity contribution in [3.05, 3.63) is 107 Å². The number of nitrogens with one attached hydrogen (secondary N) is 4. The van der Waals surface area contributed by atoms with E-state index in [2.05, 4.69) is 21.3 Å². The molecule has 3 amide bonds. The summed E-state index contributed by atoms with van der Waals surface area (Å²) in [7, 11) is 1.65. The van der Waals surface area contributed by atoms with E-state index in [0.717, 1.165) is 16.7 Å². The summed E-state index contributed by atoms with van der Waals surface area (Å²) in [4.78, 5) is 58.7. The lowest BCUT2D eigenvalue weighted by Gasteiger charge is -2.19. The number of rotatable bonds is 23. The van der Waals surface area contributed by atoms with Crippen LogP contribution in [-0.4, -0.2) is 87.3 Å². The standard InChI is InChI=1S/C36H45N7O7/c1-39-20-35(47)41-30(22-44)17-27-9-13-33(14-10-27)50-24-29(37)21-43(38)15-16-49-32-11-7-28(8-12-32)18-31(23-45)42-36(48)34(40-25-46)19-26-5-3-2-4-6-26/h2-14,21-23,25,30-31,34,39H,15-20,24,37-38H2,1H3,(H,40,46)(H,41,47)(H,42,48)/b29-21-/t30?,31-,34+/m1/s1. The van der Waals surface area contributed by atoms with Crippen LogP contribution in [0.2, 0.25) is 0 Å². The number of nitrogens with two attached hydrogens (primary N) is 2. The van der Waals surface area contributed by atoms with Crippen LogP contribution in [0.4, 0.5) is 0 Å². The Morgan fingerprint density at radius 1 is 0.780 bits per heavy atom. The van der Waals surface area contributed by atoms with Gasteiger partial charge < -0.3 is 51.1 Å². The Hall–Kier alpha value is -5.73. The lowest BCUT2D eigenvalue weighted by atomic mass is 10.0. The Labute approximate surface area is 291 Å². The highest BCUT2D eigenvalue weighted by Gasteiger charge is 2.21. The smallest absolute Gasteiger partial charge is 0.243 e. The van der Waals surface area contributed by atoms with E-state index in [0.29, 0.717) is 55.6 Å². The molecule has 14 heteroatoms. The molecule has 3 aromatic rings. The van der Waals surface area contributed by atoms with E-state index in [4.69, 9.17) is 21.1 Å². The number of carbonyl (C=O) groups is 5. The largest absolute Gasteiger partial charge is 0.492 e. The van der Waals surface area contributed by atoms with Gasteiger partial charge in [0.15, 0.2) is 0 Å². The lowest BCUT2D eigenvalue weighted by molar-refractivity contribution is -0.127. The van der Waals surface area contributed by atoms with Crippen molar-refractivity contribution in [2.24, 2.45) is 11.6 Å². The molecule has 50 heavy (non-hydrogen) atoms. The van der Waals surface area contributed by atoms with Gasteiger partial charge in [-0.1, -0.05) is 54.6 Å². The van der Waals surface area contributed by atoms with Gasteiger partial charge >= 0.3 is 0 Å². The van der Waals surface area contributed by atoms with Gasteiger partial charge in [-0.3, -0.25) is 14.4 Å². The van der Waals surface area contributed by atoms with Crippen LogP contribution >= 0.6 is 0 Å². The first-order valence-electron chi connectivity index (χ1n) is 16.0. The maximum absolute atomic E-state index is 12.8. The number of ether oxygens (including phenoxy) is 2. The molecule has 3 rings (SSSR count). The third-order valence-corrected chi connectivity index (χ3v) is 7.32. The van der Waals surface area contributed by atoms with Gasteiger partial charge in [-0.05, 0) is 60.8 Å². The summed E-state index contributed by atoms with van der Waals surface area (Å²) in [6.45, 7) is 0.816. The Kier molecular flexibility index (Phi) is 16.5. The van der Waals surface area contributed by atoms with Crippen LogP contribution in [0, 0.1) is 0 Å². The third kappa shape index (κ3) is 14.2. The molecular formula is C36H45N7O7.